The number of nitrogens with one attached hydrogen (secondary N) is 2. The minimum absolute atomic E-state index is 0.0508. The summed E-state index contributed by atoms with van der Waals surface area (Å²) in [6.07, 6.45) is 0. The van der Waals surface area contributed by atoms with Gasteiger partial charge < -0.3 is 5.32 Å². The number of hydrogen-bond donors (Lipinski definition) is 2. The molecule has 0 aliphatic rings. The summed E-state index contributed by atoms with van der Waals surface area (Å²) >= 11 is 0. The van der Waals surface area contributed by atoms with Crippen molar-refractivity contribution in [3.8, 4) is 0 Å². The average Bonchev–Trinajstić information content (AvgIpc) is 2.50. The maximum atomic E-state index is 13.2. The lowest BCUT2D eigenvalue weighted by atomic mass is 10.1. The molecule has 0 saturated carbocycles. The summed E-state index contributed by atoms with van der Waals surface area (Å²) in [4.78, 5) is 0.124. The van der Waals surface area contributed by atoms with Gasteiger partial charge in [0.15, 0.2) is 17.5 Å². The third-order valence-electron chi connectivity index (χ3n) is 3.39. The first-order valence-corrected chi connectivity index (χ1v) is 9.44. The molecule has 0 unspecified atom stereocenters. The van der Waals surface area contributed by atoms with Gasteiger partial charge in [-0.3, -0.25) is 0 Å². The van der Waals surface area contributed by atoms with Gasteiger partial charge >= 0.3 is 0 Å². The van der Waals surface area contributed by atoms with Crippen LogP contribution in [0.4, 0.5) is 13.2 Å². The molecule has 0 saturated heterocycles. The standard InChI is InChI=1S/C18H21F3N2O2S/c1-18(2,3)23-26(24,25)16-7-5-4-6-13(16)11-22-10-12-8-14(19)17(21)15(20)9-12/h4-9,22-23H,10-11H2,1-3H3. The number of halogens is 3. The maximum absolute atomic E-state index is 13.2. The Bertz CT molecular complexity index is 871. The minimum atomic E-state index is -3.72. The first-order chi connectivity index (χ1) is 12.0. The lowest BCUT2D eigenvalue weighted by Gasteiger charge is -2.21. The van der Waals surface area contributed by atoms with Crippen molar-refractivity contribution in [2.24, 2.45) is 0 Å². The van der Waals surface area contributed by atoms with E-state index in [-0.39, 0.29) is 23.5 Å². The number of benzene rings is 2. The zero-order chi connectivity index (χ0) is 19.5. The molecule has 0 spiro atoms. The fourth-order valence-corrected chi connectivity index (χ4v) is 4.08. The van der Waals surface area contributed by atoms with E-state index >= 15 is 0 Å². The summed E-state index contributed by atoms with van der Waals surface area (Å²) in [7, 11) is -3.72. The van der Waals surface area contributed by atoms with Crippen LogP contribution in [-0.4, -0.2) is 14.0 Å². The van der Waals surface area contributed by atoms with E-state index in [4.69, 9.17) is 0 Å². The molecule has 2 rings (SSSR count). The molecule has 0 aliphatic heterocycles. The first-order valence-electron chi connectivity index (χ1n) is 7.95. The van der Waals surface area contributed by atoms with Gasteiger partial charge in [0.05, 0.1) is 4.90 Å². The Hall–Kier alpha value is -1.90. The Kier molecular flexibility index (Phi) is 6.10. The monoisotopic (exact) mass is 386 g/mol. The summed E-state index contributed by atoms with van der Waals surface area (Å²) in [5.74, 6) is -4.04. The normalized spacial score (nSPS) is 12.4. The van der Waals surface area contributed by atoms with Crippen molar-refractivity contribution in [1.29, 1.82) is 0 Å². The van der Waals surface area contributed by atoms with Crippen molar-refractivity contribution in [3.05, 3.63) is 65.0 Å². The molecule has 0 fully saturated rings. The van der Waals surface area contributed by atoms with Gasteiger partial charge in [-0.15, -0.1) is 0 Å². The van der Waals surface area contributed by atoms with Crippen LogP contribution < -0.4 is 10.0 Å². The molecule has 0 heterocycles. The summed E-state index contributed by atoms with van der Waals surface area (Å²) in [5, 5.41) is 2.92. The summed E-state index contributed by atoms with van der Waals surface area (Å²) < 4.78 is 67.1. The van der Waals surface area contributed by atoms with Crippen molar-refractivity contribution in [2.45, 2.75) is 44.3 Å². The molecule has 2 N–H and O–H groups in total. The van der Waals surface area contributed by atoms with Gasteiger partial charge in [-0.1, -0.05) is 18.2 Å². The van der Waals surface area contributed by atoms with Gasteiger partial charge in [-0.2, -0.15) is 0 Å². The third-order valence-corrected chi connectivity index (χ3v) is 5.25. The Morgan fingerprint density at radius 3 is 2.12 bits per heavy atom. The first kappa shape index (κ1) is 20.4. The highest BCUT2D eigenvalue weighted by Gasteiger charge is 2.24. The van der Waals surface area contributed by atoms with E-state index in [0.29, 0.717) is 5.56 Å². The molecule has 4 nitrogen and oxygen atoms in total. The second kappa shape index (κ2) is 7.77. The second-order valence-electron chi connectivity index (χ2n) is 6.94. The van der Waals surface area contributed by atoms with Crippen LogP contribution in [0.15, 0.2) is 41.3 Å². The van der Waals surface area contributed by atoms with Crippen LogP contribution in [0, 0.1) is 17.5 Å². The molecule has 0 aliphatic carbocycles. The molecule has 0 radical (unpaired) electrons. The van der Waals surface area contributed by atoms with E-state index < -0.39 is 33.0 Å². The Labute approximate surface area is 151 Å². The zero-order valence-corrected chi connectivity index (χ0v) is 15.6. The van der Waals surface area contributed by atoms with E-state index in [9.17, 15) is 21.6 Å². The lowest BCUT2D eigenvalue weighted by Crippen LogP contribution is -2.40. The van der Waals surface area contributed by atoms with E-state index in [2.05, 4.69) is 10.0 Å². The van der Waals surface area contributed by atoms with Gasteiger partial charge in [0.1, 0.15) is 0 Å². The SMILES string of the molecule is CC(C)(C)NS(=O)(=O)c1ccccc1CNCc1cc(F)c(F)c(F)c1. The van der Waals surface area contributed by atoms with E-state index in [0.717, 1.165) is 12.1 Å². The topological polar surface area (TPSA) is 58.2 Å². The highest BCUT2D eigenvalue weighted by atomic mass is 32.2. The molecule has 0 aromatic heterocycles. The fraction of sp³-hybridized carbons (Fsp3) is 0.333. The molecule has 2 aromatic rings. The van der Waals surface area contributed by atoms with Gasteiger partial charge in [0, 0.05) is 18.6 Å². The molecular weight excluding hydrogens is 365 g/mol. The molecular formula is C18H21F3N2O2S. The molecule has 0 bridgehead atoms. The summed E-state index contributed by atoms with van der Waals surface area (Å²) in [5.41, 5.74) is 0.0876. The predicted molar refractivity (Wildman–Crippen MR) is 93.4 cm³/mol. The van der Waals surface area contributed by atoms with E-state index in [1.54, 1.807) is 39.0 Å². The molecule has 0 amide bonds. The number of sulfonamides is 1. The molecule has 26 heavy (non-hydrogen) atoms. The summed E-state index contributed by atoms with van der Waals surface area (Å²) in [6, 6.07) is 8.25. The van der Waals surface area contributed by atoms with E-state index in [1.165, 1.54) is 6.07 Å². The highest BCUT2D eigenvalue weighted by Crippen LogP contribution is 2.18. The van der Waals surface area contributed by atoms with Crippen LogP contribution in [0.1, 0.15) is 31.9 Å². The van der Waals surface area contributed by atoms with Gasteiger partial charge in [-0.25, -0.2) is 26.3 Å². The number of rotatable bonds is 6. The second-order valence-corrected chi connectivity index (χ2v) is 8.59. The largest absolute Gasteiger partial charge is 0.309 e. The van der Waals surface area contributed by atoms with Gasteiger partial charge in [0.2, 0.25) is 10.0 Å². The molecule has 2 aromatic carbocycles. The van der Waals surface area contributed by atoms with Crippen LogP contribution in [0.25, 0.3) is 0 Å². The number of hydrogen-bond acceptors (Lipinski definition) is 3. The van der Waals surface area contributed by atoms with Crippen molar-refractivity contribution in [2.75, 3.05) is 0 Å². The smallest absolute Gasteiger partial charge is 0.241 e. The van der Waals surface area contributed by atoms with Gasteiger partial charge in [0.25, 0.3) is 0 Å². The van der Waals surface area contributed by atoms with Crippen molar-refractivity contribution >= 4 is 10.0 Å². The summed E-state index contributed by atoms with van der Waals surface area (Å²) in [6.45, 7) is 5.42. The quantitative estimate of drug-likeness (QED) is 0.748. The van der Waals surface area contributed by atoms with E-state index in [1.807, 2.05) is 0 Å². The third kappa shape index (κ3) is 5.30. The Morgan fingerprint density at radius 1 is 0.962 bits per heavy atom. The van der Waals surface area contributed by atoms with Crippen molar-refractivity contribution in [1.82, 2.24) is 10.0 Å². The van der Waals surface area contributed by atoms with Crippen LogP contribution in [-0.2, 0) is 23.1 Å². The lowest BCUT2D eigenvalue weighted by molar-refractivity contribution is 0.444. The predicted octanol–water partition coefficient (Wildman–Crippen LogP) is 3.47. The van der Waals surface area contributed by atoms with Crippen LogP contribution >= 0.6 is 0 Å². The van der Waals surface area contributed by atoms with Gasteiger partial charge in [-0.05, 0) is 50.1 Å². The zero-order valence-electron chi connectivity index (χ0n) is 14.7. The average molecular weight is 386 g/mol. The maximum Gasteiger partial charge on any atom is 0.241 e. The highest BCUT2D eigenvalue weighted by molar-refractivity contribution is 7.89. The van der Waals surface area contributed by atoms with Crippen LogP contribution in [0.5, 0.6) is 0 Å². The minimum Gasteiger partial charge on any atom is -0.309 e. The van der Waals surface area contributed by atoms with Crippen LogP contribution in [0.3, 0.4) is 0 Å². The van der Waals surface area contributed by atoms with Crippen molar-refractivity contribution < 1.29 is 21.6 Å². The molecule has 8 heteroatoms. The Morgan fingerprint density at radius 2 is 1.54 bits per heavy atom. The molecule has 0 atom stereocenters. The van der Waals surface area contributed by atoms with Crippen LogP contribution in [0.2, 0.25) is 0 Å². The Balaban J connectivity index is 2.14. The van der Waals surface area contributed by atoms with Crippen molar-refractivity contribution in [3.63, 3.8) is 0 Å². The molecule has 142 valence electrons. The fourth-order valence-electron chi connectivity index (χ4n) is 2.42.